The molecule has 4 N–H and O–H groups in total. The first-order chi connectivity index (χ1) is 9.20. The number of pyridine rings is 1. The molecule has 0 radical (unpaired) electrons. The lowest BCUT2D eigenvalue weighted by Gasteiger charge is -2.10. The quantitative estimate of drug-likeness (QED) is 0.741. The highest BCUT2D eigenvalue weighted by molar-refractivity contribution is 5.53. The predicted octanol–water partition coefficient (Wildman–Crippen LogP) is 2.10. The molecule has 0 amide bonds. The van der Waals surface area contributed by atoms with Crippen LogP contribution in [0, 0.1) is 6.92 Å². The van der Waals surface area contributed by atoms with E-state index < -0.39 is 0 Å². The molecule has 0 spiro atoms. The molecule has 102 valence electrons. The van der Waals surface area contributed by atoms with Crippen molar-refractivity contribution in [3.8, 4) is 5.88 Å². The molecule has 6 heteroatoms. The second-order valence-corrected chi connectivity index (χ2v) is 4.31. The number of ether oxygens (including phenoxy) is 1. The summed E-state index contributed by atoms with van der Waals surface area (Å²) in [6, 6.07) is 3.63. The fourth-order valence-corrected chi connectivity index (χ4v) is 1.60. The van der Waals surface area contributed by atoms with Gasteiger partial charge in [0.25, 0.3) is 0 Å². The van der Waals surface area contributed by atoms with Gasteiger partial charge in [-0.1, -0.05) is 6.92 Å². The van der Waals surface area contributed by atoms with Crippen LogP contribution in [0.25, 0.3) is 0 Å². The van der Waals surface area contributed by atoms with Crippen molar-refractivity contribution >= 4 is 11.5 Å². The van der Waals surface area contributed by atoms with Gasteiger partial charge in [-0.3, -0.25) is 5.10 Å². The van der Waals surface area contributed by atoms with Crippen molar-refractivity contribution in [3.05, 3.63) is 29.6 Å². The van der Waals surface area contributed by atoms with Gasteiger partial charge < -0.3 is 15.8 Å². The third-order valence-electron chi connectivity index (χ3n) is 2.73. The Morgan fingerprint density at radius 1 is 1.42 bits per heavy atom. The number of nitrogen functional groups attached to an aromatic ring is 1. The molecule has 2 rings (SSSR count). The lowest BCUT2D eigenvalue weighted by molar-refractivity contribution is 0.307. The van der Waals surface area contributed by atoms with E-state index in [0.29, 0.717) is 24.7 Å². The van der Waals surface area contributed by atoms with Gasteiger partial charge in [-0.05, 0) is 25.5 Å². The summed E-state index contributed by atoms with van der Waals surface area (Å²) in [4.78, 5) is 4.35. The highest BCUT2D eigenvalue weighted by atomic mass is 16.5. The molecular weight excluding hydrogens is 242 g/mol. The van der Waals surface area contributed by atoms with Crippen LogP contribution in [0.2, 0.25) is 0 Å². The SMILES string of the molecule is CCCOc1nc(NCc2cn[nH]c2C)ccc1N. The number of nitrogens with zero attached hydrogens (tertiary/aromatic N) is 2. The summed E-state index contributed by atoms with van der Waals surface area (Å²) in [5.41, 5.74) is 8.52. The first-order valence-corrected chi connectivity index (χ1v) is 6.32. The normalized spacial score (nSPS) is 10.4. The van der Waals surface area contributed by atoms with E-state index in [4.69, 9.17) is 10.5 Å². The van der Waals surface area contributed by atoms with E-state index in [1.807, 2.05) is 19.9 Å². The number of anilines is 2. The van der Waals surface area contributed by atoms with Gasteiger partial charge in [0.2, 0.25) is 5.88 Å². The van der Waals surface area contributed by atoms with Crippen molar-refractivity contribution in [1.29, 1.82) is 0 Å². The lowest BCUT2D eigenvalue weighted by Crippen LogP contribution is -2.06. The maximum Gasteiger partial charge on any atom is 0.239 e. The minimum Gasteiger partial charge on any atom is -0.476 e. The molecule has 0 saturated heterocycles. The molecule has 2 aromatic rings. The number of nitrogens with one attached hydrogen (secondary N) is 2. The van der Waals surface area contributed by atoms with E-state index in [9.17, 15) is 0 Å². The molecule has 0 fully saturated rings. The van der Waals surface area contributed by atoms with E-state index in [0.717, 1.165) is 23.5 Å². The molecule has 0 unspecified atom stereocenters. The van der Waals surface area contributed by atoms with Crippen molar-refractivity contribution in [1.82, 2.24) is 15.2 Å². The topological polar surface area (TPSA) is 88.8 Å². The Kier molecular flexibility index (Phi) is 4.22. The molecule has 0 aliphatic heterocycles. The van der Waals surface area contributed by atoms with Crippen LogP contribution in [-0.2, 0) is 6.54 Å². The zero-order valence-electron chi connectivity index (χ0n) is 11.2. The van der Waals surface area contributed by atoms with Crippen molar-refractivity contribution in [3.63, 3.8) is 0 Å². The number of hydrogen-bond acceptors (Lipinski definition) is 5. The van der Waals surface area contributed by atoms with Crippen LogP contribution in [0.15, 0.2) is 18.3 Å². The van der Waals surface area contributed by atoms with Crippen molar-refractivity contribution in [2.24, 2.45) is 0 Å². The summed E-state index contributed by atoms with van der Waals surface area (Å²) in [6.45, 7) is 5.30. The molecular formula is C13H19N5O. The monoisotopic (exact) mass is 261 g/mol. The van der Waals surface area contributed by atoms with Crippen LogP contribution in [0.3, 0.4) is 0 Å². The first kappa shape index (κ1) is 13.2. The fourth-order valence-electron chi connectivity index (χ4n) is 1.60. The van der Waals surface area contributed by atoms with Crippen LogP contribution in [0.5, 0.6) is 5.88 Å². The third kappa shape index (κ3) is 3.37. The van der Waals surface area contributed by atoms with E-state index in [1.54, 1.807) is 12.3 Å². The molecule has 0 aliphatic rings. The van der Waals surface area contributed by atoms with E-state index in [2.05, 4.69) is 20.5 Å². The average molecular weight is 261 g/mol. The summed E-state index contributed by atoms with van der Waals surface area (Å²) in [7, 11) is 0. The lowest BCUT2D eigenvalue weighted by atomic mass is 10.2. The molecule has 0 atom stereocenters. The second kappa shape index (κ2) is 6.08. The molecule has 0 saturated carbocycles. The van der Waals surface area contributed by atoms with Crippen molar-refractivity contribution in [2.45, 2.75) is 26.8 Å². The Morgan fingerprint density at radius 2 is 2.26 bits per heavy atom. The van der Waals surface area contributed by atoms with Crippen LogP contribution >= 0.6 is 0 Å². The Labute approximate surface area is 112 Å². The molecule has 2 heterocycles. The number of hydrogen-bond donors (Lipinski definition) is 3. The second-order valence-electron chi connectivity index (χ2n) is 4.31. The number of aryl methyl sites for hydroxylation is 1. The maximum absolute atomic E-state index is 5.81. The number of nitrogens with two attached hydrogens (primary N) is 1. The summed E-state index contributed by atoms with van der Waals surface area (Å²) in [5, 5.41) is 10.1. The Bertz CT molecular complexity index is 538. The maximum atomic E-state index is 5.81. The number of rotatable bonds is 6. The molecule has 0 aromatic carbocycles. The minimum atomic E-state index is 0.482. The highest BCUT2D eigenvalue weighted by Gasteiger charge is 2.05. The van der Waals surface area contributed by atoms with Gasteiger partial charge in [-0.2, -0.15) is 10.1 Å². The van der Waals surface area contributed by atoms with Crippen LogP contribution in [0.1, 0.15) is 24.6 Å². The van der Waals surface area contributed by atoms with E-state index in [-0.39, 0.29) is 0 Å². The van der Waals surface area contributed by atoms with Crippen LogP contribution in [-0.4, -0.2) is 21.8 Å². The van der Waals surface area contributed by atoms with Gasteiger partial charge >= 0.3 is 0 Å². The summed E-state index contributed by atoms with van der Waals surface area (Å²) >= 11 is 0. The average Bonchev–Trinajstić information content (AvgIpc) is 2.82. The summed E-state index contributed by atoms with van der Waals surface area (Å²) < 4.78 is 5.49. The van der Waals surface area contributed by atoms with Crippen LogP contribution in [0.4, 0.5) is 11.5 Å². The summed E-state index contributed by atoms with van der Waals surface area (Å²) in [5.74, 6) is 1.22. The number of H-pyrrole nitrogens is 1. The van der Waals surface area contributed by atoms with Gasteiger partial charge in [0.15, 0.2) is 0 Å². The standard InChI is InChI=1S/C13H19N5O/c1-3-6-19-13-11(14)4-5-12(17-13)15-7-10-8-16-18-9(10)2/h4-5,8H,3,6-7,14H2,1-2H3,(H,15,17)(H,16,18). The molecule has 0 aliphatic carbocycles. The first-order valence-electron chi connectivity index (χ1n) is 6.32. The van der Waals surface area contributed by atoms with E-state index in [1.165, 1.54) is 0 Å². The van der Waals surface area contributed by atoms with Crippen molar-refractivity contribution < 1.29 is 4.74 Å². The Morgan fingerprint density at radius 3 is 2.95 bits per heavy atom. The minimum absolute atomic E-state index is 0.482. The molecule has 0 bridgehead atoms. The summed E-state index contributed by atoms with van der Waals surface area (Å²) in [6.07, 6.45) is 2.72. The zero-order chi connectivity index (χ0) is 13.7. The Hall–Kier alpha value is -2.24. The van der Waals surface area contributed by atoms with Gasteiger partial charge in [0.1, 0.15) is 5.82 Å². The Balaban J connectivity index is 2.02. The largest absolute Gasteiger partial charge is 0.476 e. The van der Waals surface area contributed by atoms with Crippen LogP contribution < -0.4 is 15.8 Å². The number of aromatic amines is 1. The third-order valence-corrected chi connectivity index (χ3v) is 2.73. The molecule has 6 nitrogen and oxygen atoms in total. The van der Waals surface area contributed by atoms with E-state index >= 15 is 0 Å². The molecule has 19 heavy (non-hydrogen) atoms. The van der Waals surface area contributed by atoms with Gasteiger partial charge in [-0.25, -0.2) is 0 Å². The predicted molar refractivity (Wildman–Crippen MR) is 75.1 cm³/mol. The van der Waals surface area contributed by atoms with Gasteiger partial charge in [0.05, 0.1) is 18.5 Å². The zero-order valence-corrected chi connectivity index (χ0v) is 11.2. The highest BCUT2D eigenvalue weighted by Crippen LogP contribution is 2.21. The van der Waals surface area contributed by atoms with Crippen molar-refractivity contribution in [2.75, 3.05) is 17.7 Å². The smallest absolute Gasteiger partial charge is 0.239 e. The number of aromatic nitrogens is 3. The molecule has 2 aromatic heterocycles. The van der Waals surface area contributed by atoms with Gasteiger partial charge in [0, 0.05) is 17.8 Å². The van der Waals surface area contributed by atoms with Gasteiger partial charge in [-0.15, -0.1) is 0 Å². The fraction of sp³-hybridized carbons (Fsp3) is 0.385.